The summed E-state index contributed by atoms with van der Waals surface area (Å²) in [6.07, 6.45) is 3.55. The molecular formula is C21H17FN4O2S. The van der Waals surface area contributed by atoms with Crippen LogP contribution < -0.4 is 4.74 Å². The van der Waals surface area contributed by atoms with Crippen molar-refractivity contribution >= 4 is 11.8 Å². The first-order valence-corrected chi connectivity index (χ1v) is 9.93. The molecule has 0 spiro atoms. The van der Waals surface area contributed by atoms with Crippen molar-refractivity contribution in [1.82, 2.24) is 19.7 Å². The topological polar surface area (TPSA) is 73.1 Å². The molecule has 0 saturated heterocycles. The number of rotatable bonds is 5. The van der Waals surface area contributed by atoms with Crippen molar-refractivity contribution in [1.29, 1.82) is 0 Å². The Kier molecular flexibility index (Phi) is 5.18. The molecule has 0 aliphatic carbocycles. The van der Waals surface area contributed by atoms with Gasteiger partial charge in [-0.05, 0) is 48.7 Å². The third-order valence-corrected chi connectivity index (χ3v) is 5.12. The fourth-order valence-corrected chi connectivity index (χ4v) is 3.36. The van der Waals surface area contributed by atoms with Crippen LogP contribution in [0.2, 0.25) is 0 Å². The van der Waals surface area contributed by atoms with E-state index in [1.54, 1.807) is 36.2 Å². The third kappa shape index (κ3) is 3.66. The molecular weight excluding hydrogens is 391 g/mol. The zero-order valence-corrected chi connectivity index (χ0v) is 16.5. The molecule has 8 heteroatoms. The molecule has 4 aromatic rings. The second-order valence-electron chi connectivity index (χ2n) is 6.11. The van der Waals surface area contributed by atoms with Gasteiger partial charge in [0.05, 0.1) is 12.8 Å². The highest BCUT2D eigenvalue weighted by Crippen LogP contribution is 2.35. The lowest BCUT2D eigenvalue weighted by molar-refractivity contribution is 0.195. The minimum absolute atomic E-state index is 0.186. The molecule has 6 nitrogen and oxygen atoms in total. The summed E-state index contributed by atoms with van der Waals surface area (Å²) in [5, 5.41) is 11.0. The van der Waals surface area contributed by atoms with Gasteiger partial charge in [0.1, 0.15) is 17.2 Å². The molecule has 0 amide bonds. The van der Waals surface area contributed by atoms with Crippen LogP contribution in [0.4, 0.5) is 4.39 Å². The maximum Gasteiger partial charge on any atom is 0.316 e. The van der Waals surface area contributed by atoms with Crippen LogP contribution in [0, 0.1) is 5.82 Å². The number of aromatic nitrogens is 4. The first-order chi connectivity index (χ1) is 14.1. The average molecular weight is 408 g/mol. The fraction of sp³-hybridized carbons (Fsp3) is 0.0952. The molecule has 0 atom stereocenters. The van der Waals surface area contributed by atoms with Crippen LogP contribution in [0.5, 0.6) is 6.01 Å². The van der Waals surface area contributed by atoms with E-state index in [0.717, 1.165) is 15.2 Å². The van der Waals surface area contributed by atoms with E-state index in [1.165, 1.54) is 19.2 Å². The van der Waals surface area contributed by atoms with Gasteiger partial charge in [-0.1, -0.05) is 12.1 Å². The molecule has 1 N–H and O–H groups in total. The van der Waals surface area contributed by atoms with Gasteiger partial charge in [-0.25, -0.2) is 14.4 Å². The summed E-state index contributed by atoms with van der Waals surface area (Å²) < 4.78 is 19.6. The molecule has 0 bridgehead atoms. The fourth-order valence-electron chi connectivity index (χ4n) is 2.96. The maximum atomic E-state index is 13.4. The standard InChI is InChI=1S/C21H17FN4O2S/c1-28-21-23-12-11-17(24-21)18-19(13-3-7-15(22)8-4-13)26(27)20(25-18)14-5-9-16(29-2)10-6-14/h3-12,27H,1-2H3. The van der Waals surface area contributed by atoms with Crippen LogP contribution in [0.15, 0.2) is 65.7 Å². The number of hydrogen-bond acceptors (Lipinski definition) is 6. The summed E-state index contributed by atoms with van der Waals surface area (Å²) in [5.74, 6) is -0.0135. The summed E-state index contributed by atoms with van der Waals surface area (Å²) in [7, 11) is 1.48. The van der Waals surface area contributed by atoms with E-state index in [4.69, 9.17) is 4.74 Å². The Morgan fingerprint density at radius 3 is 2.31 bits per heavy atom. The molecule has 0 unspecified atom stereocenters. The minimum Gasteiger partial charge on any atom is -0.467 e. The number of methoxy groups -OCH3 is 1. The van der Waals surface area contributed by atoms with Crippen molar-refractivity contribution in [2.75, 3.05) is 13.4 Å². The molecule has 146 valence electrons. The third-order valence-electron chi connectivity index (χ3n) is 4.38. The van der Waals surface area contributed by atoms with Crippen molar-refractivity contribution in [3.05, 3.63) is 66.6 Å². The Hall–Kier alpha value is -3.39. The number of thioether (sulfide) groups is 1. The van der Waals surface area contributed by atoms with Crippen LogP contribution in [0.3, 0.4) is 0 Å². The molecule has 2 heterocycles. The molecule has 0 fully saturated rings. The van der Waals surface area contributed by atoms with Crippen molar-refractivity contribution in [3.8, 4) is 40.0 Å². The van der Waals surface area contributed by atoms with E-state index in [2.05, 4.69) is 15.0 Å². The van der Waals surface area contributed by atoms with E-state index in [-0.39, 0.29) is 11.8 Å². The van der Waals surface area contributed by atoms with E-state index in [9.17, 15) is 9.60 Å². The van der Waals surface area contributed by atoms with Crippen molar-refractivity contribution < 1.29 is 14.3 Å². The smallest absolute Gasteiger partial charge is 0.316 e. The van der Waals surface area contributed by atoms with Gasteiger partial charge in [0.2, 0.25) is 0 Å². The van der Waals surface area contributed by atoms with Gasteiger partial charge >= 0.3 is 6.01 Å². The lowest BCUT2D eigenvalue weighted by Crippen LogP contribution is -1.98. The Morgan fingerprint density at radius 1 is 0.966 bits per heavy atom. The summed E-state index contributed by atoms with van der Waals surface area (Å²) in [4.78, 5) is 14.1. The molecule has 4 rings (SSSR count). The van der Waals surface area contributed by atoms with Crippen LogP contribution in [0.25, 0.3) is 34.0 Å². The van der Waals surface area contributed by atoms with E-state index in [1.807, 2.05) is 30.5 Å². The van der Waals surface area contributed by atoms with E-state index in [0.29, 0.717) is 28.5 Å². The number of imidazole rings is 1. The monoisotopic (exact) mass is 408 g/mol. The molecule has 2 aromatic carbocycles. The van der Waals surface area contributed by atoms with Gasteiger partial charge in [-0.3, -0.25) is 0 Å². The van der Waals surface area contributed by atoms with Gasteiger partial charge in [0.25, 0.3) is 0 Å². The first kappa shape index (κ1) is 18.9. The van der Waals surface area contributed by atoms with Crippen LogP contribution >= 0.6 is 11.8 Å². The normalized spacial score (nSPS) is 10.9. The molecule has 0 aliphatic heterocycles. The maximum absolute atomic E-state index is 13.4. The zero-order chi connectivity index (χ0) is 20.4. The second-order valence-corrected chi connectivity index (χ2v) is 6.99. The Labute approximate surface area is 171 Å². The number of benzene rings is 2. The number of ether oxygens (including phenoxy) is 1. The van der Waals surface area contributed by atoms with Crippen LogP contribution in [-0.4, -0.2) is 38.3 Å². The predicted molar refractivity (Wildman–Crippen MR) is 110 cm³/mol. The van der Waals surface area contributed by atoms with Crippen LogP contribution in [0.1, 0.15) is 0 Å². The predicted octanol–water partition coefficient (Wildman–Crippen LogP) is 4.78. The minimum atomic E-state index is -0.365. The number of hydrogen-bond donors (Lipinski definition) is 1. The van der Waals surface area contributed by atoms with Gasteiger partial charge in [0.15, 0.2) is 5.82 Å². The molecule has 0 saturated carbocycles. The van der Waals surface area contributed by atoms with E-state index < -0.39 is 0 Å². The first-order valence-electron chi connectivity index (χ1n) is 8.70. The largest absolute Gasteiger partial charge is 0.467 e. The van der Waals surface area contributed by atoms with Crippen molar-refractivity contribution in [2.24, 2.45) is 0 Å². The Morgan fingerprint density at radius 2 is 1.66 bits per heavy atom. The summed E-state index contributed by atoms with van der Waals surface area (Å²) in [6.45, 7) is 0. The van der Waals surface area contributed by atoms with Crippen molar-refractivity contribution in [2.45, 2.75) is 4.90 Å². The number of halogens is 1. The van der Waals surface area contributed by atoms with Gasteiger partial charge in [-0.15, -0.1) is 11.8 Å². The zero-order valence-electron chi connectivity index (χ0n) is 15.7. The van der Waals surface area contributed by atoms with Gasteiger partial charge < -0.3 is 9.94 Å². The average Bonchev–Trinajstić information content (AvgIpc) is 3.11. The van der Waals surface area contributed by atoms with E-state index >= 15 is 0 Å². The summed E-state index contributed by atoms with van der Waals surface area (Å²) in [6, 6.07) is 15.4. The second kappa shape index (κ2) is 7.92. The summed E-state index contributed by atoms with van der Waals surface area (Å²) >= 11 is 1.63. The highest BCUT2D eigenvalue weighted by molar-refractivity contribution is 7.98. The molecule has 0 radical (unpaired) electrons. The lowest BCUT2D eigenvalue weighted by atomic mass is 10.1. The van der Waals surface area contributed by atoms with Gasteiger partial charge in [0, 0.05) is 22.2 Å². The molecule has 2 aromatic heterocycles. The van der Waals surface area contributed by atoms with Gasteiger partial charge in [-0.2, -0.15) is 9.71 Å². The van der Waals surface area contributed by atoms with Crippen LogP contribution in [-0.2, 0) is 0 Å². The Bertz CT molecular complexity index is 1140. The molecule has 29 heavy (non-hydrogen) atoms. The quantitative estimate of drug-likeness (QED) is 0.378. The lowest BCUT2D eigenvalue weighted by Gasteiger charge is -2.07. The molecule has 0 aliphatic rings. The SMILES string of the molecule is COc1nccc(-c2nc(-c3ccc(SC)cc3)n(O)c2-c2ccc(F)cc2)n1. The Balaban J connectivity index is 1.93. The summed E-state index contributed by atoms with van der Waals surface area (Å²) in [5.41, 5.74) is 2.64. The van der Waals surface area contributed by atoms with Crippen molar-refractivity contribution in [3.63, 3.8) is 0 Å². The number of nitrogens with zero attached hydrogens (tertiary/aromatic N) is 4. The highest BCUT2D eigenvalue weighted by atomic mass is 32.2. The highest BCUT2D eigenvalue weighted by Gasteiger charge is 2.22.